The molecule has 2 rings (SSSR count). The van der Waals surface area contributed by atoms with Gasteiger partial charge in [-0.25, -0.2) is 9.48 Å². The quantitative estimate of drug-likeness (QED) is 0.732. The molecule has 2 heterocycles. The SMILES string of the molecule is CCCc1c(C(=O)OCC)nnn1CC1CCCO1. The lowest BCUT2D eigenvalue weighted by Gasteiger charge is -2.11. The second-order valence-electron chi connectivity index (χ2n) is 4.67. The fourth-order valence-electron chi connectivity index (χ4n) is 2.30. The van der Waals surface area contributed by atoms with E-state index in [0.717, 1.165) is 38.0 Å². The maximum absolute atomic E-state index is 11.8. The molecule has 0 amide bonds. The van der Waals surface area contributed by atoms with Gasteiger partial charge in [0.2, 0.25) is 0 Å². The van der Waals surface area contributed by atoms with E-state index in [1.165, 1.54) is 0 Å². The molecule has 0 saturated carbocycles. The summed E-state index contributed by atoms with van der Waals surface area (Å²) in [5, 5.41) is 8.07. The number of rotatable bonds is 6. The van der Waals surface area contributed by atoms with Crippen LogP contribution in [0.25, 0.3) is 0 Å². The molecule has 6 heteroatoms. The van der Waals surface area contributed by atoms with E-state index in [1.54, 1.807) is 11.6 Å². The van der Waals surface area contributed by atoms with Gasteiger partial charge in [0.25, 0.3) is 0 Å². The Balaban J connectivity index is 2.15. The minimum absolute atomic E-state index is 0.187. The highest BCUT2D eigenvalue weighted by atomic mass is 16.5. The first-order valence-corrected chi connectivity index (χ1v) is 6.97. The van der Waals surface area contributed by atoms with Crippen LogP contribution >= 0.6 is 0 Å². The average Bonchev–Trinajstić information content (AvgIpc) is 3.02. The smallest absolute Gasteiger partial charge is 0.360 e. The third-order valence-electron chi connectivity index (χ3n) is 3.19. The Morgan fingerprint density at radius 1 is 1.53 bits per heavy atom. The molecule has 0 bridgehead atoms. The third kappa shape index (κ3) is 3.32. The molecule has 1 aliphatic rings. The largest absolute Gasteiger partial charge is 0.461 e. The summed E-state index contributed by atoms with van der Waals surface area (Å²) in [6.45, 7) is 5.68. The summed E-state index contributed by atoms with van der Waals surface area (Å²) in [4.78, 5) is 11.8. The maximum atomic E-state index is 11.8. The topological polar surface area (TPSA) is 66.2 Å². The Labute approximate surface area is 113 Å². The molecule has 1 aliphatic heterocycles. The molecule has 0 spiro atoms. The van der Waals surface area contributed by atoms with Crippen LogP contribution in [-0.2, 0) is 22.4 Å². The van der Waals surface area contributed by atoms with Gasteiger partial charge in [0.1, 0.15) is 0 Å². The van der Waals surface area contributed by atoms with E-state index in [4.69, 9.17) is 9.47 Å². The van der Waals surface area contributed by atoms with Crippen molar-refractivity contribution in [2.45, 2.75) is 52.2 Å². The van der Waals surface area contributed by atoms with Crippen molar-refractivity contribution in [2.24, 2.45) is 0 Å². The van der Waals surface area contributed by atoms with Crippen molar-refractivity contribution in [3.8, 4) is 0 Å². The zero-order chi connectivity index (χ0) is 13.7. The predicted molar refractivity (Wildman–Crippen MR) is 68.9 cm³/mol. The van der Waals surface area contributed by atoms with Crippen molar-refractivity contribution in [2.75, 3.05) is 13.2 Å². The standard InChI is InChI=1S/C13H21N3O3/c1-3-6-11-12(13(17)18-4-2)14-15-16(11)9-10-7-5-8-19-10/h10H,3-9H2,1-2H3. The number of esters is 1. The molecule has 6 nitrogen and oxygen atoms in total. The summed E-state index contributed by atoms with van der Waals surface area (Å²) >= 11 is 0. The summed E-state index contributed by atoms with van der Waals surface area (Å²) in [6, 6.07) is 0. The number of aromatic nitrogens is 3. The van der Waals surface area contributed by atoms with Crippen LogP contribution in [0.2, 0.25) is 0 Å². The van der Waals surface area contributed by atoms with Crippen LogP contribution in [-0.4, -0.2) is 40.3 Å². The van der Waals surface area contributed by atoms with Gasteiger partial charge in [-0.3, -0.25) is 0 Å². The minimum atomic E-state index is -0.385. The fraction of sp³-hybridized carbons (Fsp3) is 0.769. The molecule has 1 atom stereocenters. The van der Waals surface area contributed by atoms with E-state index < -0.39 is 0 Å². The van der Waals surface area contributed by atoms with Crippen molar-refractivity contribution < 1.29 is 14.3 Å². The molecule has 0 N–H and O–H groups in total. The van der Waals surface area contributed by atoms with Crippen LogP contribution in [0, 0.1) is 0 Å². The average molecular weight is 267 g/mol. The number of nitrogens with zero attached hydrogens (tertiary/aromatic N) is 3. The summed E-state index contributed by atoms with van der Waals surface area (Å²) in [5.41, 5.74) is 1.21. The van der Waals surface area contributed by atoms with Crippen LogP contribution in [0.15, 0.2) is 0 Å². The Bertz CT molecular complexity index is 425. The lowest BCUT2D eigenvalue weighted by molar-refractivity contribution is 0.0517. The summed E-state index contributed by atoms with van der Waals surface area (Å²) < 4.78 is 12.4. The molecule has 0 aromatic carbocycles. The van der Waals surface area contributed by atoms with Crippen LogP contribution < -0.4 is 0 Å². The van der Waals surface area contributed by atoms with Crippen molar-refractivity contribution in [3.63, 3.8) is 0 Å². The monoisotopic (exact) mass is 267 g/mol. The zero-order valence-electron chi connectivity index (χ0n) is 11.6. The van der Waals surface area contributed by atoms with Crippen LogP contribution in [0.5, 0.6) is 0 Å². The molecular formula is C13H21N3O3. The number of hydrogen-bond acceptors (Lipinski definition) is 5. The minimum Gasteiger partial charge on any atom is -0.461 e. The van der Waals surface area contributed by atoms with Gasteiger partial charge in [0.15, 0.2) is 5.69 Å². The van der Waals surface area contributed by atoms with Gasteiger partial charge in [-0.05, 0) is 26.2 Å². The first kappa shape index (κ1) is 14.0. The van der Waals surface area contributed by atoms with Gasteiger partial charge in [-0.2, -0.15) is 0 Å². The van der Waals surface area contributed by atoms with Gasteiger partial charge in [-0.1, -0.05) is 18.6 Å². The van der Waals surface area contributed by atoms with E-state index in [-0.39, 0.29) is 12.1 Å². The highest BCUT2D eigenvalue weighted by molar-refractivity contribution is 5.88. The van der Waals surface area contributed by atoms with Crippen molar-refractivity contribution in [1.82, 2.24) is 15.0 Å². The van der Waals surface area contributed by atoms with E-state index in [1.807, 2.05) is 0 Å². The molecule has 1 unspecified atom stereocenters. The maximum Gasteiger partial charge on any atom is 0.360 e. The van der Waals surface area contributed by atoms with Crippen molar-refractivity contribution in [1.29, 1.82) is 0 Å². The van der Waals surface area contributed by atoms with Gasteiger partial charge >= 0.3 is 5.97 Å². The molecule has 1 saturated heterocycles. The lowest BCUT2D eigenvalue weighted by atomic mass is 10.2. The highest BCUT2D eigenvalue weighted by Crippen LogP contribution is 2.17. The van der Waals surface area contributed by atoms with Gasteiger partial charge in [0, 0.05) is 6.61 Å². The molecule has 1 fully saturated rings. The predicted octanol–water partition coefficient (Wildman–Crippen LogP) is 1.59. The molecular weight excluding hydrogens is 246 g/mol. The van der Waals surface area contributed by atoms with Gasteiger partial charge in [-0.15, -0.1) is 5.10 Å². The van der Waals surface area contributed by atoms with Gasteiger partial charge in [0.05, 0.1) is 24.9 Å². The summed E-state index contributed by atoms with van der Waals surface area (Å²) in [7, 11) is 0. The number of carbonyl (C=O) groups excluding carboxylic acids is 1. The van der Waals surface area contributed by atoms with Crippen molar-refractivity contribution in [3.05, 3.63) is 11.4 Å². The summed E-state index contributed by atoms with van der Waals surface area (Å²) in [6.07, 6.45) is 4.03. The van der Waals surface area contributed by atoms with Crippen LogP contribution in [0.4, 0.5) is 0 Å². The van der Waals surface area contributed by atoms with Gasteiger partial charge < -0.3 is 9.47 Å². The molecule has 1 aromatic heterocycles. The Kier molecular flexibility index (Phi) is 4.90. The normalized spacial score (nSPS) is 18.7. The molecule has 19 heavy (non-hydrogen) atoms. The second kappa shape index (κ2) is 6.65. The summed E-state index contributed by atoms with van der Waals surface area (Å²) in [5.74, 6) is -0.385. The van der Waals surface area contributed by atoms with E-state index >= 15 is 0 Å². The van der Waals surface area contributed by atoms with Crippen molar-refractivity contribution >= 4 is 5.97 Å². The molecule has 0 aliphatic carbocycles. The molecule has 1 aromatic rings. The Morgan fingerprint density at radius 2 is 2.37 bits per heavy atom. The Morgan fingerprint density at radius 3 is 3.00 bits per heavy atom. The first-order valence-electron chi connectivity index (χ1n) is 6.97. The van der Waals surface area contributed by atoms with Crippen LogP contribution in [0.3, 0.4) is 0 Å². The molecule has 106 valence electrons. The van der Waals surface area contributed by atoms with E-state index in [2.05, 4.69) is 17.2 Å². The van der Waals surface area contributed by atoms with E-state index in [0.29, 0.717) is 18.8 Å². The van der Waals surface area contributed by atoms with E-state index in [9.17, 15) is 4.79 Å². The second-order valence-corrected chi connectivity index (χ2v) is 4.67. The molecule has 0 radical (unpaired) electrons. The third-order valence-corrected chi connectivity index (χ3v) is 3.19. The highest BCUT2D eigenvalue weighted by Gasteiger charge is 2.23. The number of carbonyl (C=O) groups is 1. The fourth-order valence-corrected chi connectivity index (χ4v) is 2.30. The first-order chi connectivity index (χ1) is 9.26. The number of hydrogen-bond donors (Lipinski definition) is 0. The Hall–Kier alpha value is -1.43. The lowest BCUT2D eigenvalue weighted by Crippen LogP contribution is -2.19. The number of ether oxygens (including phenoxy) is 2. The van der Waals surface area contributed by atoms with Crippen LogP contribution in [0.1, 0.15) is 49.3 Å². The zero-order valence-corrected chi connectivity index (χ0v) is 11.6.